The van der Waals surface area contributed by atoms with Gasteiger partial charge in [0.1, 0.15) is 5.76 Å². The maximum absolute atomic E-state index is 5.67. The number of hydrogen-bond donors (Lipinski definition) is 2. The van der Waals surface area contributed by atoms with Gasteiger partial charge < -0.3 is 15.1 Å². The van der Waals surface area contributed by atoms with Crippen molar-refractivity contribution in [1.29, 1.82) is 0 Å². The quantitative estimate of drug-likeness (QED) is 0.623. The van der Waals surface area contributed by atoms with Gasteiger partial charge in [-0.1, -0.05) is 0 Å². The molecule has 130 valence electrons. The number of guanidine groups is 1. The lowest BCUT2D eigenvalue weighted by Crippen LogP contribution is -2.42. The Morgan fingerprint density at radius 1 is 1.29 bits per heavy atom. The van der Waals surface area contributed by atoms with E-state index in [1.165, 1.54) is 22.6 Å². The molecule has 0 spiro atoms. The largest absolute Gasteiger partial charge is 0.468 e. The second-order valence-electron chi connectivity index (χ2n) is 6.09. The number of nitrogens with one attached hydrogen (secondary N) is 2. The van der Waals surface area contributed by atoms with E-state index in [9.17, 15) is 0 Å². The summed E-state index contributed by atoms with van der Waals surface area (Å²) in [6, 6.07) is 8.60. The summed E-state index contributed by atoms with van der Waals surface area (Å²) in [5, 5.41) is 6.84. The molecule has 2 aromatic heterocycles. The van der Waals surface area contributed by atoms with Gasteiger partial charge >= 0.3 is 0 Å². The summed E-state index contributed by atoms with van der Waals surface area (Å²) in [6.07, 6.45) is 4.29. The van der Waals surface area contributed by atoms with Gasteiger partial charge in [0, 0.05) is 23.3 Å². The van der Waals surface area contributed by atoms with Crippen LogP contribution in [0.1, 0.15) is 34.4 Å². The Bertz CT molecular complexity index is 644. The zero-order valence-electron chi connectivity index (χ0n) is 14.4. The molecule has 0 amide bonds. The number of nitrogens with zero attached hydrogens (tertiary/aromatic N) is 2. The van der Waals surface area contributed by atoms with Crippen molar-refractivity contribution in [3.05, 3.63) is 46.0 Å². The van der Waals surface area contributed by atoms with E-state index in [2.05, 4.69) is 45.6 Å². The average Bonchev–Trinajstić information content (AvgIpc) is 3.33. The molecule has 0 bridgehead atoms. The standard InChI is InChI=1S/C18H26N4OS/c1-14-7-8-15(24-14)12-20-18(19-2)21-13-16(17-6-5-11-23-17)22-9-3-4-10-22/h5-8,11,16H,3-4,9-10,12-13H2,1-2H3,(H2,19,20,21). The minimum atomic E-state index is 0.255. The van der Waals surface area contributed by atoms with Crippen LogP contribution in [0.5, 0.6) is 0 Å². The lowest BCUT2D eigenvalue weighted by atomic mass is 10.2. The summed E-state index contributed by atoms with van der Waals surface area (Å²) in [5.41, 5.74) is 0. The van der Waals surface area contributed by atoms with E-state index >= 15 is 0 Å². The molecule has 1 saturated heterocycles. The Kier molecular flexibility index (Phi) is 5.93. The van der Waals surface area contributed by atoms with Crippen LogP contribution in [0, 0.1) is 6.92 Å². The minimum absolute atomic E-state index is 0.255. The van der Waals surface area contributed by atoms with Gasteiger partial charge in [0.05, 0.1) is 18.8 Å². The summed E-state index contributed by atoms with van der Waals surface area (Å²) in [6.45, 7) is 5.98. The zero-order chi connectivity index (χ0) is 16.8. The first-order valence-electron chi connectivity index (χ1n) is 8.53. The number of hydrogen-bond acceptors (Lipinski definition) is 4. The Labute approximate surface area is 147 Å². The van der Waals surface area contributed by atoms with Crippen molar-refractivity contribution in [1.82, 2.24) is 15.5 Å². The fourth-order valence-electron chi connectivity index (χ4n) is 3.11. The summed E-state index contributed by atoms with van der Waals surface area (Å²) in [4.78, 5) is 9.48. The zero-order valence-corrected chi connectivity index (χ0v) is 15.2. The van der Waals surface area contributed by atoms with Crippen LogP contribution >= 0.6 is 11.3 Å². The normalized spacial score (nSPS) is 17.2. The predicted octanol–water partition coefficient (Wildman–Crippen LogP) is 3.15. The van der Waals surface area contributed by atoms with Crippen molar-refractivity contribution in [3.63, 3.8) is 0 Å². The van der Waals surface area contributed by atoms with E-state index in [-0.39, 0.29) is 6.04 Å². The number of furan rings is 1. The topological polar surface area (TPSA) is 52.8 Å². The third-order valence-corrected chi connectivity index (χ3v) is 5.37. The van der Waals surface area contributed by atoms with Gasteiger partial charge in [0.2, 0.25) is 0 Å². The van der Waals surface area contributed by atoms with E-state index < -0.39 is 0 Å². The van der Waals surface area contributed by atoms with Gasteiger partial charge in [-0.05, 0) is 57.1 Å². The fraction of sp³-hybridized carbons (Fsp3) is 0.500. The molecule has 0 aliphatic carbocycles. The van der Waals surface area contributed by atoms with Crippen molar-refractivity contribution < 1.29 is 4.42 Å². The lowest BCUT2D eigenvalue weighted by Gasteiger charge is -2.26. The first-order chi connectivity index (χ1) is 11.8. The van der Waals surface area contributed by atoms with Crippen molar-refractivity contribution in [2.75, 3.05) is 26.7 Å². The van der Waals surface area contributed by atoms with Crippen LogP contribution in [0.2, 0.25) is 0 Å². The van der Waals surface area contributed by atoms with Crippen LogP contribution in [-0.2, 0) is 6.54 Å². The number of likely N-dealkylation sites (tertiary alicyclic amines) is 1. The highest BCUT2D eigenvalue weighted by atomic mass is 32.1. The molecule has 3 heterocycles. The van der Waals surface area contributed by atoms with Crippen LogP contribution in [-0.4, -0.2) is 37.5 Å². The molecular formula is C18H26N4OS. The second-order valence-corrected chi connectivity index (χ2v) is 7.47. The highest BCUT2D eigenvalue weighted by molar-refractivity contribution is 7.11. The summed E-state index contributed by atoms with van der Waals surface area (Å²) in [7, 11) is 1.81. The summed E-state index contributed by atoms with van der Waals surface area (Å²) < 4.78 is 5.67. The van der Waals surface area contributed by atoms with Crippen LogP contribution in [0.15, 0.2) is 39.9 Å². The monoisotopic (exact) mass is 346 g/mol. The molecule has 3 rings (SSSR count). The van der Waals surface area contributed by atoms with E-state index in [1.807, 2.05) is 24.5 Å². The molecule has 1 unspecified atom stereocenters. The Balaban J connectivity index is 1.56. The Hall–Kier alpha value is -1.79. The number of aliphatic imine (C=N–C) groups is 1. The summed E-state index contributed by atoms with van der Waals surface area (Å²) >= 11 is 1.81. The van der Waals surface area contributed by atoms with Gasteiger partial charge in [-0.2, -0.15) is 0 Å². The van der Waals surface area contributed by atoms with Crippen LogP contribution in [0.25, 0.3) is 0 Å². The van der Waals surface area contributed by atoms with Gasteiger partial charge in [-0.25, -0.2) is 0 Å². The molecule has 6 heteroatoms. The van der Waals surface area contributed by atoms with Crippen LogP contribution in [0.4, 0.5) is 0 Å². The molecule has 1 aliphatic heterocycles. The Morgan fingerprint density at radius 2 is 2.12 bits per heavy atom. The highest BCUT2D eigenvalue weighted by Crippen LogP contribution is 2.24. The van der Waals surface area contributed by atoms with E-state index in [0.29, 0.717) is 0 Å². The molecule has 2 N–H and O–H groups in total. The van der Waals surface area contributed by atoms with E-state index in [1.54, 1.807) is 6.26 Å². The molecular weight excluding hydrogens is 320 g/mol. The number of thiophene rings is 1. The molecule has 0 aromatic carbocycles. The second kappa shape index (κ2) is 8.35. The van der Waals surface area contributed by atoms with Gasteiger partial charge in [-0.15, -0.1) is 11.3 Å². The predicted molar refractivity (Wildman–Crippen MR) is 99.5 cm³/mol. The first-order valence-corrected chi connectivity index (χ1v) is 9.35. The molecule has 24 heavy (non-hydrogen) atoms. The smallest absolute Gasteiger partial charge is 0.191 e. The number of rotatable bonds is 6. The highest BCUT2D eigenvalue weighted by Gasteiger charge is 2.25. The molecule has 1 aliphatic rings. The summed E-state index contributed by atoms with van der Waals surface area (Å²) in [5.74, 6) is 1.85. The molecule has 1 fully saturated rings. The average molecular weight is 347 g/mol. The van der Waals surface area contributed by atoms with Crippen LogP contribution in [0.3, 0.4) is 0 Å². The lowest BCUT2D eigenvalue weighted by molar-refractivity contribution is 0.215. The maximum atomic E-state index is 5.67. The molecule has 2 aromatic rings. The maximum Gasteiger partial charge on any atom is 0.191 e. The molecule has 0 radical (unpaired) electrons. The fourth-order valence-corrected chi connectivity index (χ4v) is 3.94. The molecule has 0 saturated carbocycles. The van der Waals surface area contributed by atoms with E-state index in [4.69, 9.17) is 4.42 Å². The van der Waals surface area contributed by atoms with Gasteiger partial charge in [0.15, 0.2) is 5.96 Å². The Morgan fingerprint density at radius 3 is 2.75 bits per heavy atom. The molecule has 1 atom stereocenters. The minimum Gasteiger partial charge on any atom is -0.468 e. The van der Waals surface area contributed by atoms with Crippen molar-refractivity contribution in [2.45, 2.75) is 32.4 Å². The SMILES string of the molecule is CN=C(NCc1ccc(C)s1)NCC(c1ccco1)N1CCCC1. The van der Waals surface area contributed by atoms with Crippen molar-refractivity contribution in [2.24, 2.45) is 4.99 Å². The third kappa shape index (κ3) is 4.39. The first kappa shape index (κ1) is 17.0. The number of aryl methyl sites for hydroxylation is 1. The molecule has 5 nitrogen and oxygen atoms in total. The van der Waals surface area contributed by atoms with Crippen molar-refractivity contribution >= 4 is 17.3 Å². The third-order valence-electron chi connectivity index (χ3n) is 4.37. The van der Waals surface area contributed by atoms with Crippen molar-refractivity contribution in [3.8, 4) is 0 Å². The van der Waals surface area contributed by atoms with E-state index in [0.717, 1.165) is 37.9 Å². The van der Waals surface area contributed by atoms with Gasteiger partial charge in [-0.3, -0.25) is 9.89 Å². The van der Waals surface area contributed by atoms with Gasteiger partial charge in [0.25, 0.3) is 0 Å². The van der Waals surface area contributed by atoms with Crippen LogP contribution < -0.4 is 10.6 Å².